The molecule has 1 amide bonds. The lowest BCUT2D eigenvalue weighted by atomic mass is 9.98. The van der Waals surface area contributed by atoms with Crippen molar-refractivity contribution in [2.45, 2.75) is 45.6 Å². The van der Waals surface area contributed by atoms with Gasteiger partial charge in [0.25, 0.3) is 0 Å². The Bertz CT molecular complexity index is 1050. The standard InChI is InChI=1S/C26H29ClN2O3/c1-26(2,3)32-25(31)29-17-19-10-7-11-20(14-19)24(30)22-15-21(27)12-13-23(22)28-16-18-8-5-4-6-9-18/h4-15,24,28,30H,16-17H2,1-3H3,(H,29,31). The molecular weight excluding hydrogens is 424 g/mol. The number of anilines is 1. The number of alkyl carbamates (subject to hydrolysis) is 1. The third-order valence-corrected chi connectivity index (χ3v) is 4.97. The first kappa shape index (κ1) is 23.6. The Morgan fingerprint density at radius 3 is 2.41 bits per heavy atom. The first-order valence-corrected chi connectivity index (χ1v) is 10.9. The topological polar surface area (TPSA) is 70.6 Å². The van der Waals surface area contributed by atoms with Crippen molar-refractivity contribution in [1.29, 1.82) is 0 Å². The maximum absolute atomic E-state index is 11.9. The van der Waals surface area contributed by atoms with Gasteiger partial charge in [-0.25, -0.2) is 4.79 Å². The lowest BCUT2D eigenvalue weighted by Gasteiger charge is -2.20. The van der Waals surface area contributed by atoms with Crippen molar-refractivity contribution in [2.24, 2.45) is 0 Å². The maximum atomic E-state index is 11.9. The van der Waals surface area contributed by atoms with Crippen LogP contribution in [0.4, 0.5) is 10.5 Å². The maximum Gasteiger partial charge on any atom is 0.407 e. The molecule has 0 aromatic heterocycles. The van der Waals surface area contributed by atoms with Gasteiger partial charge in [-0.3, -0.25) is 0 Å². The predicted octanol–water partition coefficient (Wildman–Crippen LogP) is 6.06. The van der Waals surface area contributed by atoms with Crippen LogP contribution in [0.15, 0.2) is 72.8 Å². The van der Waals surface area contributed by atoms with Gasteiger partial charge in [-0.15, -0.1) is 0 Å². The Morgan fingerprint density at radius 2 is 1.69 bits per heavy atom. The summed E-state index contributed by atoms with van der Waals surface area (Å²) < 4.78 is 5.28. The summed E-state index contributed by atoms with van der Waals surface area (Å²) in [5.41, 5.74) is 3.64. The summed E-state index contributed by atoms with van der Waals surface area (Å²) in [7, 11) is 0. The number of aliphatic hydroxyl groups excluding tert-OH is 1. The third-order valence-electron chi connectivity index (χ3n) is 4.74. The van der Waals surface area contributed by atoms with Crippen molar-refractivity contribution in [1.82, 2.24) is 5.32 Å². The summed E-state index contributed by atoms with van der Waals surface area (Å²) in [6.45, 7) is 6.38. The van der Waals surface area contributed by atoms with Crippen molar-refractivity contribution < 1.29 is 14.6 Å². The van der Waals surface area contributed by atoms with Crippen LogP contribution < -0.4 is 10.6 Å². The van der Waals surface area contributed by atoms with Crippen LogP contribution in [0.3, 0.4) is 0 Å². The van der Waals surface area contributed by atoms with E-state index < -0.39 is 17.8 Å². The normalized spacial score (nSPS) is 12.2. The number of nitrogens with one attached hydrogen (secondary N) is 2. The van der Waals surface area contributed by atoms with Crippen molar-refractivity contribution in [3.63, 3.8) is 0 Å². The quantitative estimate of drug-likeness (QED) is 0.407. The Kier molecular flexibility index (Phi) is 7.78. The van der Waals surface area contributed by atoms with E-state index in [-0.39, 0.29) is 0 Å². The summed E-state index contributed by atoms with van der Waals surface area (Å²) in [4.78, 5) is 11.9. The highest BCUT2D eigenvalue weighted by Crippen LogP contribution is 2.31. The minimum Gasteiger partial charge on any atom is -0.444 e. The average molecular weight is 453 g/mol. The molecule has 32 heavy (non-hydrogen) atoms. The molecule has 1 unspecified atom stereocenters. The first-order chi connectivity index (χ1) is 15.2. The number of carbonyl (C=O) groups excluding carboxylic acids is 1. The molecule has 5 nitrogen and oxygen atoms in total. The van der Waals surface area contributed by atoms with Crippen LogP contribution in [-0.2, 0) is 17.8 Å². The molecule has 3 aromatic carbocycles. The summed E-state index contributed by atoms with van der Waals surface area (Å²) in [6, 6.07) is 22.9. The zero-order valence-corrected chi connectivity index (χ0v) is 19.3. The van der Waals surface area contributed by atoms with Crippen LogP contribution in [0.25, 0.3) is 0 Å². The summed E-state index contributed by atoms with van der Waals surface area (Å²) >= 11 is 6.23. The molecule has 0 aliphatic carbocycles. The van der Waals surface area contributed by atoms with Crippen LogP contribution in [0.2, 0.25) is 5.02 Å². The summed E-state index contributed by atoms with van der Waals surface area (Å²) in [5.74, 6) is 0. The molecule has 3 N–H and O–H groups in total. The van der Waals surface area contributed by atoms with Gasteiger partial charge in [0.15, 0.2) is 0 Å². The number of carbonyl (C=O) groups is 1. The highest BCUT2D eigenvalue weighted by Gasteiger charge is 2.18. The Labute approximate surface area is 194 Å². The monoisotopic (exact) mass is 452 g/mol. The molecular formula is C26H29ClN2O3. The van der Waals surface area contributed by atoms with E-state index in [1.165, 1.54) is 0 Å². The molecule has 0 aliphatic rings. The fraction of sp³-hybridized carbons (Fsp3) is 0.269. The highest BCUT2D eigenvalue weighted by molar-refractivity contribution is 6.30. The molecule has 3 rings (SSSR count). The van der Waals surface area contributed by atoms with Crippen LogP contribution in [-0.4, -0.2) is 16.8 Å². The van der Waals surface area contributed by atoms with Crippen LogP contribution in [0.5, 0.6) is 0 Å². The number of benzene rings is 3. The Hall–Kier alpha value is -3.02. The fourth-order valence-corrected chi connectivity index (χ4v) is 3.44. The van der Waals surface area contributed by atoms with Crippen molar-refractivity contribution in [3.05, 3.63) is 100 Å². The molecule has 0 saturated carbocycles. The molecule has 0 saturated heterocycles. The van der Waals surface area contributed by atoms with Crippen molar-refractivity contribution in [3.8, 4) is 0 Å². The first-order valence-electron chi connectivity index (χ1n) is 10.5. The van der Waals surface area contributed by atoms with Crippen molar-refractivity contribution in [2.75, 3.05) is 5.32 Å². The summed E-state index contributed by atoms with van der Waals surface area (Å²) in [5, 5.41) is 17.8. The Balaban J connectivity index is 1.74. The van der Waals surface area contributed by atoms with Gasteiger partial charge in [0.05, 0.1) is 0 Å². The largest absolute Gasteiger partial charge is 0.444 e. The summed E-state index contributed by atoms with van der Waals surface area (Å²) in [6.07, 6.45) is -1.36. The Morgan fingerprint density at radius 1 is 0.969 bits per heavy atom. The predicted molar refractivity (Wildman–Crippen MR) is 129 cm³/mol. The van der Waals surface area contributed by atoms with E-state index in [0.717, 1.165) is 16.8 Å². The van der Waals surface area contributed by atoms with E-state index >= 15 is 0 Å². The van der Waals surface area contributed by atoms with E-state index in [1.807, 2.05) is 81.4 Å². The number of halogens is 1. The van der Waals surface area contributed by atoms with Gasteiger partial charge >= 0.3 is 6.09 Å². The number of aliphatic hydroxyl groups is 1. The average Bonchev–Trinajstić information content (AvgIpc) is 2.76. The smallest absolute Gasteiger partial charge is 0.407 e. The van der Waals surface area contributed by atoms with E-state index in [4.69, 9.17) is 16.3 Å². The van der Waals surface area contributed by atoms with Gasteiger partial charge in [-0.2, -0.15) is 0 Å². The van der Waals surface area contributed by atoms with Gasteiger partial charge < -0.3 is 20.5 Å². The second-order valence-corrected chi connectivity index (χ2v) is 9.01. The third kappa shape index (κ3) is 7.01. The van der Waals surface area contributed by atoms with Crippen LogP contribution in [0.1, 0.15) is 49.1 Å². The molecule has 168 valence electrons. The number of ether oxygens (including phenoxy) is 1. The van der Waals surface area contributed by atoms with Crippen LogP contribution in [0, 0.1) is 0 Å². The van der Waals surface area contributed by atoms with E-state index in [9.17, 15) is 9.90 Å². The van der Waals surface area contributed by atoms with E-state index in [0.29, 0.717) is 29.2 Å². The number of hydrogen-bond donors (Lipinski definition) is 3. The number of rotatable bonds is 7. The molecule has 6 heteroatoms. The lowest BCUT2D eigenvalue weighted by molar-refractivity contribution is 0.0523. The van der Waals surface area contributed by atoms with Gasteiger partial charge in [0.2, 0.25) is 0 Å². The molecule has 3 aromatic rings. The highest BCUT2D eigenvalue weighted by atomic mass is 35.5. The molecule has 1 atom stereocenters. The second-order valence-electron chi connectivity index (χ2n) is 8.57. The van der Waals surface area contributed by atoms with Gasteiger partial charge in [0.1, 0.15) is 11.7 Å². The van der Waals surface area contributed by atoms with Gasteiger partial charge in [-0.05, 0) is 55.7 Å². The molecule has 0 spiro atoms. The van der Waals surface area contributed by atoms with Gasteiger partial charge in [-0.1, -0.05) is 66.2 Å². The molecule has 0 bridgehead atoms. The minimum absolute atomic E-state index is 0.296. The van der Waals surface area contributed by atoms with Crippen LogP contribution >= 0.6 is 11.6 Å². The number of amides is 1. The zero-order valence-electron chi connectivity index (χ0n) is 18.6. The fourth-order valence-electron chi connectivity index (χ4n) is 3.26. The lowest BCUT2D eigenvalue weighted by Crippen LogP contribution is -2.32. The zero-order chi connectivity index (χ0) is 23.1. The number of hydrogen-bond acceptors (Lipinski definition) is 4. The molecule has 0 fully saturated rings. The molecule has 0 aliphatic heterocycles. The van der Waals surface area contributed by atoms with E-state index in [2.05, 4.69) is 10.6 Å². The minimum atomic E-state index is -0.881. The van der Waals surface area contributed by atoms with E-state index in [1.54, 1.807) is 12.1 Å². The van der Waals surface area contributed by atoms with Gasteiger partial charge in [0, 0.05) is 29.4 Å². The van der Waals surface area contributed by atoms with Crippen molar-refractivity contribution >= 4 is 23.4 Å². The molecule has 0 heterocycles. The molecule has 0 radical (unpaired) electrons. The SMILES string of the molecule is CC(C)(C)OC(=O)NCc1cccc(C(O)c2cc(Cl)ccc2NCc2ccccc2)c1. The second kappa shape index (κ2) is 10.5.